The van der Waals surface area contributed by atoms with Gasteiger partial charge in [0.05, 0.1) is 0 Å². The molecule has 0 bridgehead atoms. The predicted molar refractivity (Wildman–Crippen MR) is 96.5 cm³/mol. The normalized spacial score (nSPS) is 15.9. The Morgan fingerprint density at radius 2 is 1.77 bits per heavy atom. The van der Waals surface area contributed by atoms with Gasteiger partial charge >= 0.3 is 6.03 Å². The van der Waals surface area contributed by atoms with Crippen molar-refractivity contribution in [2.45, 2.75) is 25.7 Å². The number of piperazine rings is 1. The minimum Gasteiger partial charge on any atom is -0.360 e. The van der Waals surface area contributed by atoms with Crippen LogP contribution in [0.15, 0.2) is 33.7 Å². The van der Waals surface area contributed by atoms with Crippen molar-refractivity contribution in [2.24, 2.45) is 0 Å². The first-order valence-electron chi connectivity index (χ1n) is 8.35. The number of rotatable bonds is 3. The van der Waals surface area contributed by atoms with Crippen LogP contribution >= 0.6 is 0 Å². The molecule has 3 rings (SSSR count). The Labute approximate surface area is 152 Å². The van der Waals surface area contributed by atoms with E-state index in [4.69, 9.17) is 4.52 Å². The van der Waals surface area contributed by atoms with Crippen molar-refractivity contribution < 1.29 is 17.7 Å². The zero-order valence-corrected chi connectivity index (χ0v) is 15.8. The van der Waals surface area contributed by atoms with Crippen LogP contribution in [0.5, 0.6) is 0 Å². The molecule has 1 aromatic heterocycles. The highest BCUT2D eigenvalue weighted by molar-refractivity contribution is 7.89. The van der Waals surface area contributed by atoms with Crippen molar-refractivity contribution >= 4 is 21.7 Å². The Kier molecular flexibility index (Phi) is 5.01. The van der Waals surface area contributed by atoms with Crippen molar-refractivity contribution in [3.05, 3.63) is 41.3 Å². The van der Waals surface area contributed by atoms with Crippen molar-refractivity contribution in [1.82, 2.24) is 14.4 Å². The van der Waals surface area contributed by atoms with Crippen LogP contribution in [0.4, 0.5) is 10.5 Å². The fourth-order valence-corrected chi connectivity index (χ4v) is 4.72. The monoisotopic (exact) mass is 378 g/mol. The lowest BCUT2D eigenvalue weighted by Gasteiger charge is -2.34. The van der Waals surface area contributed by atoms with Gasteiger partial charge in [-0.15, -0.1) is 0 Å². The highest BCUT2D eigenvalue weighted by atomic mass is 32.2. The quantitative estimate of drug-likeness (QED) is 0.883. The van der Waals surface area contributed by atoms with Gasteiger partial charge in [0.2, 0.25) is 10.0 Å². The van der Waals surface area contributed by atoms with Gasteiger partial charge in [-0.25, -0.2) is 13.2 Å². The molecule has 0 atom stereocenters. The molecular formula is C17H22N4O4S. The molecule has 1 fully saturated rings. The molecule has 0 radical (unpaired) electrons. The van der Waals surface area contributed by atoms with Crippen LogP contribution < -0.4 is 5.32 Å². The number of nitrogens with one attached hydrogen (secondary N) is 1. The SMILES string of the molecule is Cc1ccccc1NC(=O)N1CCN(S(=O)(=O)c2c(C)noc2C)CC1. The van der Waals surface area contributed by atoms with E-state index in [1.165, 1.54) is 4.31 Å². The molecule has 8 nitrogen and oxygen atoms in total. The molecule has 1 saturated heterocycles. The number of hydrogen-bond donors (Lipinski definition) is 1. The van der Waals surface area contributed by atoms with E-state index in [9.17, 15) is 13.2 Å². The fraction of sp³-hybridized carbons (Fsp3) is 0.412. The van der Waals surface area contributed by atoms with E-state index < -0.39 is 10.0 Å². The number of anilines is 1. The van der Waals surface area contributed by atoms with E-state index in [0.29, 0.717) is 18.8 Å². The third-order valence-corrected chi connectivity index (χ3v) is 6.62. The molecule has 1 N–H and O–H groups in total. The third kappa shape index (κ3) is 3.45. The lowest BCUT2D eigenvalue weighted by atomic mass is 10.2. The average molecular weight is 378 g/mol. The molecule has 140 valence electrons. The molecular weight excluding hydrogens is 356 g/mol. The van der Waals surface area contributed by atoms with Crippen LogP contribution in [-0.2, 0) is 10.0 Å². The Hall–Kier alpha value is -2.39. The molecule has 26 heavy (non-hydrogen) atoms. The number of sulfonamides is 1. The van der Waals surface area contributed by atoms with E-state index in [1.807, 2.05) is 31.2 Å². The molecule has 0 spiro atoms. The van der Waals surface area contributed by atoms with Crippen LogP contribution in [-0.4, -0.2) is 55.0 Å². The van der Waals surface area contributed by atoms with Crippen LogP contribution in [0.1, 0.15) is 17.0 Å². The maximum absolute atomic E-state index is 12.8. The summed E-state index contributed by atoms with van der Waals surface area (Å²) in [5, 5.41) is 6.59. The lowest BCUT2D eigenvalue weighted by Crippen LogP contribution is -2.51. The number of benzene rings is 1. The molecule has 1 aliphatic rings. The van der Waals surface area contributed by atoms with Crippen LogP contribution in [0.25, 0.3) is 0 Å². The van der Waals surface area contributed by atoms with E-state index >= 15 is 0 Å². The summed E-state index contributed by atoms with van der Waals surface area (Å²) >= 11 is 0. The Balaban J connectivity index is 1.66. The minimum atomic E-state index is -3.68. The summed E-state index contributed by atoms with van der Waals surface area (Å²) in [5.74, 6) is 0.280. The Bertz CT molecular complexity index is 895. The van der Waals surface area contributed by atoms with Crippen molar-refractivity contribution in [2.75, 3.05) is 31.5 Å². The van der Waals surface area contributed by atoms with Gasteiger partial charge in [0, 0.05) is 31.9 Å². The number of aryl methyl sites for hydroxylation is 3. The molecule has 0 aliphatic carbocycles. The van der Waals surface area contributed by atoms with Crippen LogP contribution in [0, 0.1) is 20.8 Å². The maximum Gasteiger partial charge on any atom is 0.321 e. The standard InChI is InChI=1S/C17H22N4O4S/c1-12-6-4-5-7-15(12)18-17(22)20-8-10-21(11-9-20)26(23,24)16-13(2)19-25-14(16)3/h4-7H,8-11H2,1-3H3,(H,18,22). The zero-order valence-electron chi connectivity index (χ0n) is 15.0. The molecule has 0 unspecified atom stereocenters. The number of aromatic nitrogens is 1. The Morgan fingerprint density at radius 3 is 2.35 bits per heavy atom. The summed E-state index contributed by atoms with van der Waals surface area (Å²) in [4.78, 5) is 14.2. The molecule has 1 aliphatic heterocycles. The van der Waals surface area contributed by atoms with Gasteiger partial charge in [-0.1, -0.05) is 23.4 Å². The zero-order chi connectivity index (χ0) is 18.9. The second-order valence-electron chi connectivity index (χ2n) is 6.29. The van der Waals surface area contributed by atoms with Crippen molar-refractivity contribution in [3.63, 3.8) is 0 Å². The summed E-state index contributed by atoms with van der Waals surface area (Å²) in [7, 11) is -3.68. The second-order valence-corrected chi connectivity index (χ2v) is 8.16. The van der Waals surface area contributed by atoms with E-state index in [0.717, 1.165) is 11.3 Å². The van der Waals surface area contributed by atoms with Gasteiger partial charge in [-0.05, 0) is 32.4 Å². The number of nitrogens with zero attached hydrogens (tertiary/aromatic N) is 3. The summed E-state index contributed by atoms with van der Waals surface area (Å²) in [5.41, 5.74) is 2.07. The van der Waals surface area contributed by atoms with Crippen LogP contribution in [0.3, 0.4) is 0 Å². The lowest BCUT2D eigenvalue weighted by molar-refractivity contribution is 0.184. The topological polar surface area (TPSA) is 95.8 Å². The van der Waals surface area contributed by atoms with E-state index in [-0.39, 0.29) is 29.8 Å². The molecule has 9 heteroatoms. The number of para-hydroxylation sites is 1. The third-order valence-electron chi connectivity index (χ3n) is 4.48. The smallest absolute Gasteiger partial charge is 0.321 e. The summed E-state index contributed by atoms with van der Waals surface area (Å²) in [6.07, 6.45) is 0. The largest absolute Gasteiger partial charge is 0.360 e. The molecule has 2 heterocycles. The number of amides is 2. The number of carbonyl (C=O) groups is 1. The first kappa shape index (κ1) is 18.4. The second kappa shape index (κ2) is 7.08. The van der Waals surface area contributed by atoms with Crippen molar-refractivity contribution in [3.8, 4) is 0 Å². The minimum absolute atomic E-state index is 0.121. The average Bonchev–Trinajstić information content (AvgIpc) is 2.96. The van der Waals surface area contributed by atoms with Gasteiger partial charge < -0.3 is 14.7 Å². The molecule has 1 aromatic carbocycles. The molecule has 2 aromatic rings. The van der Waals surface area contributed by atoms with Gasteiger partial charge in [0.25, 0.3) is 0 Å². The van der Waals surface area contributed by atoms with Gasteiger partial charge in [-0.3, -0.25) is 0 Å². The summed E-state index contributed by atoms with van der Waals surface area (Å²) in [6, 6.07) is 7.29. The number of urea groups is 1. The molecule has 2 amide bonds. The first-order valence-corrected chi connectivity index (χ1v) is 9.79. The fourth-order valence-electron chi connectivity index (χ4n) is 3.01. The predicted octanol–water partition coefficient (Wildman–Crippen LogP) is 2.14. The first-order chi connectivity index (χ1) is 12.3. The van der Waals surface area contributed by atoms with E-state index in [1.54, 1.807) is 18.7 Å². The maximum atomic E-state index is 12.8. The van der Waals surface area contributed by atoms with Gasteiger partial charge in [0.1, 0.15) is 10.6 Å². The van der Waals surface area contributed by atoms with Crippen LogP contribution in [0.2, 0.25) is 0 Å². The molecule has 0 saturated carbocycles. The number of carbonyl (C=O) groups excluding carboxylic acids is 1. The summed E-state index contributed by atoms with van der Waals surface area (Å²) in [6.45, 7) is 6.21. The number of hydrogen-bond acceptors (Lipinski definition) is 5. The highest BCUT2D eigenvalue weighted by Gasteiger charge is 2.34. The van der Waals surface area contributed by atoms with Gasteiger partial charge in [0.15, 0.2) is 5.76 Å². The van der Waals surface area contributed by atoms with E-state index in [2.05, 4.69) is 10.5 Å². The highest BCUT2D eigenvalue weighted by Crippen LogP contribution is 2.24. The van der Waals surface area contributed by atoms with Crippen molar-refractivity contribution in [1.29, 1.82) is 0 Å². The Morgan fingerprint density at radius 1 is 1.12 bits per heavy atom. The van der Waals surface area contributed by atoms with Gasteiger partial charge in [-0.2, -0.15) is 4.31 Å². The summed E-state index contributed by atoms with van der Waals surface area (Å²) < 4.78 is 32.0.